The van der Waals surface area contributed by atoms with E-state index in [-0.39, 0.29) is 5.78 Å². The number of Topliss-reactive ketones (excluding diaryl/α,β-unsaturated/α-hetero) is 1. The smallest absolute Gasteiger partial charge is 0.159 e. The van der Waals surface area contributed by atoms with Crippen LogP contribution in [0.25, 0.3) is 0 Å². The van der Waals surface area contributed by atoms with Crippen molar-refractivity contribution in [1.82, 2.24) is 0 Å². The van der Waals surface area contributed by atoms with Gasteiger partial charge in [-0.25, -0.2) is 0 Å². The number of carbonyl (C=O) groups excluding carboxylic acids is 1. The van der Waals surface area contributed by atoms with Crippen LogP contribution in [0.4, 0.5) is 11.4 Å². The SMILES string of the molecule is CC(=O)c1ccc(Nc2ccc(SC(C)C)cc2)cc1. The van der Waals surface area contributed by atoms with Gasteiger partial charge >= 0.3 is 0 Å². The van der Waals surface area contributed by atoms with Crippen molar-refractivity contribution in [3.05, 3.63) is 54.1 Å². The monoisotopic (exact) mass is 285 g/mol. The Balaban J connectivity index is 2.04. The summed E-state index contributed by atoms with van der Waals surface area (Å²) in [6, 6.07) is 15.9. The Morgan fingerprint density at radius 2 is 1.45 bits per heavy atom. The number of hydrogen-bond donors (Lipinski definition) is 1. The number of nitrogens with one attached hydrogen (secondary N) is 1. The molecule has 1 N–H and O–H groups in total. The standard InChI is InChI=1S/C17H19NOS/c1-12(2)20-17-10-8-16(9-11-17)18-15-6-4-14(5-7-15)13(3)19/h4-12,18H,1-3H3. The molecule has 104 valence electrons. The van der Waals surface area contributed by atoms with E-state index in [9.17, 15) is 4.79 Å². The van der Waals surface area contributed by atoms with E-state index in [0.717, 1.165) is 16.9 Å². The molecule has 0 fully saturated rings. The normalized spacial score (nSPS) is 10.6. The first-order valence-corrected chi connectivity index (χ1v) is 7.57. The van der Waals surface area contributed by atoms with E-state index in [1.807, 2.05) is 36.0 Å². The third kappa shape index (κ3) is 4.14. The van der Waals surface area contributed by atoms with Gasteiger partial charge in [0, 0.05) is 27.1 Å². The van der Waals surface area contributed by atoms with Gasteiger partial charge in [-0.05, 0) is 55.5 Å². The van der Waals surface area contributed by atoms with Crippen molar-refractivity contribution in [2.24, 2.45) is 0 Å². The summed E-state index contributed by atoms with van der Waals surface area (Å²) in [5.41, 5.74) is 2.77. The second-order valence-electron chi connectivity index (χ2n) is 4.95. The van der Waals surface area contributed by atoms with E-state index in [4.69, 9.17) is 0 Å². The molecule has 0 aliphatic carbocycles. The van der Waals surface area contributed by atoms with Crippen molar-refractivity contribution in [3.8, 4) is 0 Å². The number of thioether (sulfide) groups is 1. The molecule has 0 aromatic heterocycles. The van der Waals surface area contributed by atoms with Gasteiger partial charge in [0.05, 0.1) is 0 Å². The molecular formula is C17H19NOS. The molecule has 0 aliphatic rings. The lowest BCUT2D eigenvalue weighted by molar-refractivity contribution is 0.101. The van der Waals surface area contributed by atoms with Crippen LogP contribution in [-0.4, -0.2) is 11.0 Å². The molecule has 0 unspecified atom stereocenters. The van der Waals surface area contributed by atoms with Crippen LogP contribution in [0.2, 0.25) is 0 Å². The molecule has 0 heterocycles. The zero-order valence-electron chi connectivity index (χ0n) is 12.0. The number of rotatable bonds is 5. The Labute approximate surface area is 124 Å². The average molecular weight is 285 g/mol. The summed E-state index contributed by atoms with van der Waals surface area (Å²) < 4.78 is 0. The summed E-state index contributed by atoms with van der Waals surface area (Å²) in [6.45, 7) is 5.95. The lowest BCUT2D eigenvalue weighted by Gasteiger charge is -2.09. The zero-order valence-corrected chi connectivity index (χ0v) is 12.8. The minimum Gasteiger partial charge on any atom is -0.356 e. The summed E-state index contributed by atoms with van der Waals surface area (Å²) >= 11 is 1.85. The molecule has 0 saturated heterocycles. The van der Waals surface area contributed by atoms with Gasteiger partial charge in [-0.15, -0.1) is 11.8 Å². The highest BCUT2D eigenvalue weighted by Gasteiger charge is 2.01. The topological polar surface area (TPSA) is 29.1 Å². The highest BCUT2D eigenvalue weighted by Crippen LogP contribution is 2.25. The van der Waals surface area contributed by atoms with Crippen LogP contribution in [0.3, 0.4) is 0 Å². The Morgan fingerprint density at radius 1 is 0.950 bits per heavy atom. The van der Waals surface area contributed by atoms with Gasteiger partial charge in [0.2, 0.25) is 0 Å². The molecule has 2 aromatic carbocycles. The van der Waals surface area contributed by atoms with Crippen LogP contribution >= 0.6 is 11.8 Å². The van der Waals surface area contributed by atoms with Crippen LogP contribution in [0.5, 0.6) is 0 Å². The van der Waals surface area contributed by atoms with Crippen LogP contribution in [0, 0.1) is 0 Å². The van der Waals surface area contributed by atoms with Crippen molar-refractivity contribution in [1.29, 1.82) is 0 Å². The fourth-order valence-corrected chi connectivity index (χ4v) is 2.68. The second-order valence-corrected chi connectivity index (χ2v) is 6.60. The average Bonchev–Trinajstić information content (AvgIpc) is 2.41. The largest absolute Gasteiger partial charge is 0.356 e. The van der Waals surface area contributed by atoms with Gasteiger partial charge in [-0.2, -0.15) is 0 Å². The summed E-state index contributed by atoms with van der Waals surface area (Å²) in [5.74, 6) is 0.0895. The Hall–Kier alpha value is -1.74. The molecule has 2 rings (SSSR count). The van der Waals surface area contributed by atoms with Gasteiger partial charge in [0.1, 0.15) is 0 Å². The number of anilines is 2. The molecule has 2 aromatic rings. The van der Waals surface area contributed by atoms with Gasteiger partial charge in [-0.1, -0.05) is 13.8 Å². The number of hydrogen-bond acceptors (Lipinski definition) is 3. The van der Waals surface area contributed by atoms with Gasteiger partial charge in [0.25, 0.3) is 0 Å². The van der Waals surface area contributed by atoms with E-state index in [2.05, 4.69) is 43.4 Å². The molecule has 0 bridgehead atoms. The predicted molar refractivity (Wildman–Crippen MR) is 87.2 cm³/mol. The second kappa shape index (κ2) is 6.62. The van der Waals surface area contributed by atoms with Gasteiger partial charge < -0.3 is 5.32 Å². The van der Waals surface area contributed by atoms with E-state index in [1.54, 1.807) is 6.92 Å². The van der Waals surface area contributed by atoms with Gasteiger partial charge in [0.15, 0.2) is 5.78 Å². The first-order valence-electron chi connectivity index (χ1n) is 6.69. The third-order valence-electron chi connectivity index (χ3n) is 2.81. The van der Waals surface area contributed by atoms with Gasteiger partial charge in [-0.3, -0.25) is 4.79 Å². The fraction of sp³-hybridized carbons (Fsp3) is 0.235. The number of carbonyl (C=O) groups is 1. The van der Waals surface area contributed by atoms with E-state index in [1.165, 1.54) is 4.90 Å². The lowest BCUT2D eigenvalue weighted by Crippen LogP contribution is -1.94. The van der Waals surface area contributed by atoms with Crippen LogP contribution in [-0.2, 0) is 0 Å². The Morgan fingerprint density at radius 3 is 1.90 bits per heavy atom. The fourth-order valence-electron chi connectivity index (χ4n) is 1.84. The lowest BCUT2D eigenvalue weighted by atomic mass is 10.1. The molecule has 0 saturated carbocycles. The quantitative estimate of drug-likeness (QED) is 0.609. The Bertz CT molecular complexity index is 573. The molecule has 20 heavy (non-hydrogen) atoms. The van der Waals surface area contributed by atoms with Crippen molar-refractivity contribution in [3.63, 3.8) is 0 Å². The van der Waals surface area contributed by atoms with E-state index >= 15 is 0 Å². The summed E-state index contributed by atoms with van der Waals surface area (Å²) in [6.07, 6.45) is 0. The first-order chi connectivity index (χ1) is 9.54. The maximum absolute atomic E-state index is 11.2. The van der Waals surface area contributed by atoms with Crippen molar-refractivity contribution < 1.29 is 4.79 Å². The number of benzene rings is 2. The summed E-state index contributed by atoms with van der Waals surface area (Å²) in [4.78, 5) is 12.5. The maximum atomic E-state index is 11.2. The molecule has 0 atom stereocenters. The highest BCUT2D eigenvalue weighted by atomic mass is 32.2. The minimum atomic E-state index is 0.0895. The molecule has 0 aliphatic heterocycles. The number of ketones is 1. The maximum Gasteiger partial charge on any atom is 0.159 e. The molecule has 2 nitrogen and oxygen atoms in total. The summed E-state index contributed by atoms with van der Waals surface area (Å²) in [7, 11) is 0. The zero-order chi connectivity index (χ0) is 14.5. The van der Waals surface area contributed by atoms with E-state index < -0.39 is 0 Å². The van der Waals surface area contributed by atoms with Crippen LogP contribution < -0.4 is 5.32 Å². The molecule has 0 radical (unpaired) electrons. The molecular weight excluding hydrogens is 266 g/mol. The minimum absolute atomic E-state index is 0.0895. The predicted octanol–water partition coefficient (Wildman–Crippen LogP) is 5.13. The third-order valence-corrected chi connectivity index (χ3v) is 3.82. The van der Waals surface area contributed by atoms with Crippen molar-refractivity contribution in [2.45, 2.75) is 30.9 Å². The van der Waals surface area contributed by atoms with Crippen LogP contribution in [0.1, 0.15) is 31.1 Å². The Kier molecular flexibility index (Phi) is 4.85. The first kappa shape index (κ1) is 14.7. The van der Waals surface area contributed by atoms with Crippen LogP contribution in [0.15, 0.2) is 53.4 Å². The highest BCUT2D eigenvalue weighted by molar-refractivity contribution is 7.99. The van der Waals surface area contributed by atoms with Crippen molar-refractivity contribution >= 4 is 28.9 Å². The summed E-state index contributed by atoms with van der Waals surface area (Å²) in [5, 5.41) is 3.92. The molecule has 0 amide bonds. The van der Waals surface area contributed by atoms with Crippen molar-refractivity contribution in [2.75, 3.05) is 5.32 Å². The molecule has 0 spiro atoms. The molecule has 3 heteroatoms. The van der Waals surface area contributed by atoms with E-state index in [0.29, 0.717) is 5.25 Å².